The van der Waals surface area contributed by atoms with Crippen LogP contribution in [0, 0.1) is 5.92 Å². The van der Waals surface area contributed by atoms with Gasteiger partial charge in [-0.25, -0.2) is 9.59 Å². The highest BCUT2D eigenvalue weighted by Gasteiger charge is 2.25. The number of carbonyl (C=O) groups excluding carboxylic acids is 2. The van der Waals surface area contributed by atoms with Crippen LogP contribution >= 0.6 is 0 Å². The Balaban J connectivity index is 1.28. The number of hydrogen-bond acceptors (Lipinski definition) is 5. The predicted octanol–water partition coefficient (Wildman–Crippen LogP) is 3.30. The molecular formula is C22H26N4O4. The Labute approximate surface area is 175 Å². The highest BCUT2D eigenvalue weighted by atomic mass is 16.6. The van der Waals surface area contributed by atoms with Crippen LogP contribution in [0.2, 0.25) is 0 Å². The van der Waals surface area contributed by atoms with E-state index in [-0.39, 0.29) is 12.1 Å². The molecule has 2 heterocycles. The largest absolute Gasteiger partial charge is 0.495 e. The summed E-state index contributed by atoms with van der Waals surface area (Å²) in [7, 11) is 1.68. The maximum Gasteiger partial charge on any atom is 0.414 e. The lowest BCUT2D eigenvalue weighted by Crippen LogP contribution is -2.34. The molecule has 0 aliphatic carbocycles. The van der Waals surface area contributed by atoms with Crippen LogP contribution in [0.1, 0.15) is 6.42 Å². The van der Waals surface area contributed by atoms with Crippen molar-refractivity contribution >= 4 is 29.2 Å². The van der Waals surface area contributed by atoms with Gasteiger partial charge in [-0.2, -0.15) is 0 Å². The van der Waals surface area contributed by atoms with Gasteiger partial charge in [0.05, 0.1) is 19.3 Å². The number of anilines is 3. The summed E-state index contributed by atoms with van der Waals surface area (Å²) in [6, 6.07) is 14.9. The van der Waals surface area contributed by atoms with Crippen molar-refractivity contribution in [1.82, 2.24) is 5.32 Å². The van der Waals surface area contributed by atoms with E-state index >= 15 is 0 Å². The van der Waals surface area contributed by atoms with Crippen LogP contribution in [-0.4, -0.2) is 52.0 Å². The minimum absolute atomic E-state index is 0.258. The van der Waals surface area contributed by atoms with Gasteiger partial charge < -0.3 is 25.0 Å². The molecule has 0 aromatic heterocycles. The molecule has 2 aliphatic heterocycles. The van der Waals surface area contributed by atoms with Crippen LogP contribution in [-0.2, 0) is 4.74 Å². The van der Waals surface area contributed by atoms with Gasteiger partial charge in [0.15, 0.2) is 0 Å². The van der Waals surface area contributed by atoms with Gasteiger partial charge in [-0.3, -0.25) is 4.90 Å². The lowest BCUT2D eigenvalue weighted by Gasteiger charge is -2.21. The molecule has 2 fully saturated rings. The lowest BCUT2D eigenvalue weighted by atomic mass is 10.1. The average Bonchev–Trinajstić information content (AvgIpc) is 3.41. The number of methoxy groups -OCH3 is 1. The quantitative estimate of drug-likeness (QED) is 0.764. The molecule has 30 heavy (non-hydrogen) atoms. The van der Waals surface area contributed by atoms with E-state index in [1.807, 2.05) is 24.3 Å². The van der Waals surface area contributed by atoms with E-state index in [4.69, 9.17) is 9.47 Å². The van der Waals surface area contributed by atoms with Gasteiger partial charge in [0.1, 0.15) is 12.4 Å². The Morgan fingerprint density at radius 2 is 2.07 bits per heavy atom. The van der Waals surface area contributed by atoms with Crippen LogP contribution in [0.4, 0.5) is 26.7 Å². The van der Waals surface area contributed by atoms with Crippen LogP contribution in [0.5, 0.6) is 5.75 Å². The maximum atomic E-state index is 12.4. The molecule has 0 spiro atoms. The molecule has 2 aliphatic rings. The molecule has 1 atom stereocenters. The van der Waals surface area contributed by atoms with Gasteiger partial charge in [-0.15, -0.1) is 0 Å². The van der Waals surface area contributed by atoms with E-state index in [0.717, 1.165) is 30.9 Å². The van der Waals surface area contributed by atoms with Gasteiger partial charge in [-0.05, 0) is 42.7 Å². The van der Waals surface area contributed by atoms with E-state index in [0.29, 0.717) is 37.0 Å². The van der Waals surface area contributed by atoms with E-state index in [1.54, 1.807) is 30.2 Å². The molecule has 2 aromatic rings. The second kappa shape index (κ2) is 8.94. The summed E-state index contributed by atoms with van der Waals surface area (Å²) in [6.45, 7) is 3.29. The maximum absolute atomic E-state index is 12.4. The number of para-hydroxylation sites is 2. The summed E-state index contributed by atoms with van der Waals surface area (Å²) in [5.41, 5.74) is 2.43. The smallest absolute Gasteiger partial charge is 0.414 e. The molecule has 2 saturated heterocycles. The number of ether oxygens (including phenoxy) is 2. The zero-order valence-electron chi connectivity index (χ0n) is 17.0. The molecule has 0 radical (unpaired) electrons. The first-order valence-electron chi connectivity index (χ1n) is 10.1. The van der Waals surface area contributed by atoms with E-state index in [9.17, 15) is 9.59 Å². The fraction of sp³-hybridized carbons (Fsp3) is 0.364. The molecule has 0 saturated carbocycles. The van der Waals surface area contributed by atoms with Crippen molar-refractivity contribution in [3.05, 3.63) is 48.5 Å². The second-order valence-corrected chi connectivity index (χ2v) is 7.42. The summed E-state index contributed by atoms with van der Waals surface area (Å²) in [5.74, 6) is 1.23. The zero-order valence-corrected chi connectivity index (χ0v) is 17.0. The molecule has 1 unspecified atom stereocenters. The number of nitrogens with one attached hydrogen (secondary N) is 2. The topological polar surface area (TPSA) is 83.1 Å². The highest BCUT2D eigenvalue weighted by molar-refractivity contribution is 5.93. The minimum Gasteiger partial charge on any atom is -0.495 e. The van der Waals surface area contributed by atoms with E-state index < -0.39 is 0 Å². The van der Waals surface area contributed by atoms with E-state index in [1.165, 1.54) is 0 Å². The van der Waals surface area contributed by atoms with Gasteiger partial charge in [0, 0.05) is 31.0 Å². The Morgan fingerprint density at radius 3 is 2.87 bits per heavy atom. The van der Waals surface area contributed by atoms with Crippen molar-refractivity contribution in [2.75, 3.05) is 55.0 Å². The van der Waals surface area contributed by atoms with Gasteiger partial charge in [0.25, 0.3) is 0 Å². The first-order valence-corrected chi connectivity index (χ1v) is 10.1. The van der Waals surface area contributed by atoms with E-state index in [2.05, 4.69) is 21.6 Å². The SMILES string of the molecule is COc1ccccc1N1CCC(CNC(=O)Nc2cccc(N3CCOC3=O)c2)C1. The molecule has 0 bridgehead atoms. The third-order valence-electron chi connectivity index (χ3n) is 5.44. The number of carbonyl (C=O) groups is 2. The molecular weight excluding hydrogens is 384 g/mol. The Kier molecular flexibility index (Phi) is 5.92. The fourth-order valence-corrected chi connectivity index (χ4v) is 3.90. The average molecular weight is 410 g/mol. The van der Waals surface area contributed by atoms with Gasteiger partial charge in [-0.1, -0.05) is 18.2 Å². The third-order valence-corrected chi connectivity index (χ3v) is 5.44. The lowest BCUT2D eigenvalue weighted by molar-refractivity contribution is 0.181. The van der Waals surface area contributed by atoms with Crippen LogP contribution in [0.25, 0.3) is 0 Å². The number of urea groups is 1. The summed E-state index contributed by atoms with van der Waals surface area (Å²) in [6.07, 6.45) is 0.641. The number of benzene rings is 2. The molecule has 8 heteroatoms. The third kappa shape index (κ3) is 4.42. The highest BCUT2D eigenvalue weighted by Crippen LogP contribution is 2.31. The predicted molar refractivity (Wildman–Crippen MR) is 115 cm³/mol. The summed E-state index contributed by atoms with van der Waals surface area (Å²) < 4.78 is 10.4. The zero-order chi connectivity index (χ0) is 20.9. The number of rotatable bonds is 6. The Morgan fingerprint density at radius 1 is 1.20 bits per heavy atom. The standard InChI is InChI=1S/C22H26N4O4/c1-29-20-8-3-2-7-19(20)25-10-9-16(15-25)14-23-21(27)24-17-5-4-6-18(13-17)26-11-12-30-22(26)28/h2-8,13,16H,9-12,14-15H2,1H3,(H2,23,24,27). The van der Waals surface area contributed by atoms with Crippen LogP contribution in [0.15, 0.2) is 48.5 Å². The molecule has 2 aromatic carbocycles. The number of hydrogen-bond donors (Lipinski definition) is 2. The van der Waals surface area contributed by atoms with Crippen LogP contribution < -0.4 is 25.2 Å². The summed E-state index contributed by atoms with van der Waals surface area (Å²) in [5, 5.41) is 5.80. The molecule has 2 N–H and O–H groups in total. The van der Waals surface area contributed by atoms with Crippen molar-refractivity contribution in [3.8, 4) is 5.75 Å². The first-order chi connectivity index (χ1) is 14.6. The number of amides is 3. The first kappa shape index (κ1) is 19.9. The Hall–Kier alpha value is -3.42. The summed E-state index contributed by atoms with van der Waals surface area (Å²) >= 11 is 0. The normalized spacial score (nSPS) is 18.3. The van der Waals surface area contributed by atoms with Crippen molar-refractivity contribution in [2.45, 2.75) is 6.42 Å². The summed E-state index contributed by atoms with van der Waals surface area (Å²) in [4.78, 5) is 27.9. The van der Waals surface area contributed by atoms with Crippen molar-refractivity contribution in [2.24, 2.45) is 5.92 Å². The second-order valence-electron chi connectivity index (χ2n) is 7.42. The fourth-order valence-electron chi connectivity index (χ4n) is 3.90. The molecule has 3 amide bonds. The van der Waals surface area contributed by atoms with Gasteiger partial charge in [0.2, 0.25) is 0 Å². The van der Waals surface area contributed by atoms with Gasteiger partial charge >= 0.3 is 12.1 Å². The monoisotopic (exact) mass is 410 g/mol. The molecule has 158 valence electrons. The number of nitrogens with zero attached hydrogens (tertiary/aromatic N) is 2. The molecule has 4 rings (SSSR count). The molecule has 8 nitrogen and oxygen atoms in total. The van der Waals surface area contributed by atoms with Crippen molar-refractivity contribution in [1.29, 1.82) is 0 Å². The Bertz CT molecular complexity index is 920. The minimum atomic E-state index is -0.363. The van der Waals surface area contributed by atoms with Crippen molar-refractivity contribution < 1.29 is 19.1 Å². The number of cyclic esters (lactones) is 1. The van der Waals surface area contributed by atoms with Crippen LogP contribution in [0.3, 0.4) is 0 Å². The van der Waals surface area contributed by atoms with Crippen molar-refractivity contribution in [3.63, 3.8) is 0 Å².